The first-order valence-corrected chi connectivity index (χ1v) is 8.22. The summed E-state index contributed by atoms with van der Waals surface area (Å²) in [5, 5.41) is 11.4. The van der Waals surface area contributed by atoms with Gasteiger partial charge in [0, 0.05) is 17.9 Å². The number of para-hydroxylation sites is 2. The highest BCUT2D eigenvalue weighted by Gasteiger charge is 2.17. The van der Waals surface area contributed by atoms with Crippen molar-refractivity contribution in [1.29, 1.82) is 0 Å². The van der Waals surface area contributed by atoms with Gasteiger partial charge in [-0.25, -0.2) is 0 Å². The number of hydrogen-bond acceptors (Lipinski definition) is 4. The molecule has 0 aliphatic rings. The molecule has 0 spiro atoms. The Kier molecular flexibility index (Phi) is 5.04. The van der Waals surface area contributed by atoms with Crippen molar-refractivity contribution in [1.82, 2.24) is 10.2 Å². The van der Waals surface area contributed by atoms with Gasteiger partial charge >= 0.3 is 0 Å². The molecule has 25 heavy (non-hydrogen) atoms. The van der Waals surface area contributed by atoms with Crippen molar-refractivity contribution >= 4 is 23.1 Å². The van der Waals surface area contributed by atoms with E-state index in [2.05, 4.69) is 15.5 Å². The summed E-state index contributed by atoms with van der Waals surface area (Å²) < 4.78 is 0. The monoisotopic (exact) mass is 332 g/mol. The van der Waals surface area contributed by atoms with Crippen molar-refractivity contribution in [3.63, 3.8) is 0 Å². The second-order valence-corrected chi connectivity index (χ2v) is 5.63. The van der Waals surface area contributed by atoms with Crippen molar-refractivity contribution in [3.05, 3.63) is 78.0 Å². The van der Waals surface area contributed by atoms with E-state index in [9.17, 15) is 4.79 Å². The molecule has 0 atom stereocenters. The zero-order valence-electron chi connectivity index (χ0n) is 14.3. The number of carbonyl (C=O) groups excluding carboxylic acids is 1. The molecule has 1 heterocycles. The van der Waals surface area contributed by atoms with Crippen molar-refractivity contribution in [2.45, 2.75) is 13.8 Å². The Balaban J connectivity index is 1.77. The van der Waals surface area contributed by atoms with Gasteiger partial charge in [-0.3, -0.25) is 4.79 Å². The van der Waals surface area contributed by atoms with Crippen LogP contribution >= 0.6 is 0 Å². The van der Waals surface area contributed by atoms with E-state index >= 15 is 0 Å². The van der Waals surface area contributed by atoms with Crippen LogP contribution in [-0.4, -0.2) is 22.6 Å². The molecule has 0 aliphatic carbocycles. The number of carbonyl (C=O) groups is 1. The predicted octanol–water partition coefficient (Wildman–Crippen LogP) is 4.20. The van der Waals surface area contributed by atoms with Gasteiger partial charge in [-0.15, -0.1) is 10.2 Å². The molecule has 1 aromatic heterocycles. The average molecular weight is 332 g/mol. The van der Waals surface area contributed by atoms with Gasteiger partial charge in [-0.05, 0) is 49.7 Å². The van der Waals surface area contributed by atoms with Crippen LogP contribution in [-0.2, 0) is 0 Å². The van der Waals surface area contributed by atoms with Crippen LogP contribution in [0.1, 0.15) is 23.0 Å². The number of nitrogens with zero attached hydrogens (tertiary/aromatic N) is 3. The Morgan fingerprint density at radius 3 is 2.32 bits per heavy atom. The van der Waals surface area contributed by atoms with Crippen LogP contribution in [0.3, 0.4) is 0 Å². The van der Waals surface area contributed by atoms with Crippen LogP contribution in [0.15, 0.2) is 66.7 Å². The highest BCUT2D eigenvalue weighted by atomic mass is 16.2. The minimum absolute atomic E-state index is 0.163. The fourth-order valence-electron chi connectivity index (χ4n) is 2.55. The number of benzene rings is 2. The first-order valence-electron chi connectivity index (χ1n) is 8.22. The number of aromatic nitrogens is 2. The minimum atomic E-state index is -0.163. The number of nitrogens with one attached hydrogen (secondary N) is 1. The van der Waals surface area contributed by atoms with Crippen LogP contribution < -0.4 is 10.2 Å². The number of hydrogen-bond donors (Lipinski definition) is 1. The van der Waals surface area contributed by atoms with Crippen LogP contribution in [0.2, 0.25) is 0 Å². The van der Waals surface area contributed by atoms with E-state index < -0.39 is 0 Å². The summed E-state index contributed by atoms with van der Waals surface area (Å²) in [5.74, 6) is 0.442. The van der Waals surface area contributed by atoms with Gasteiger partial charge in [0.1, 0.15) is 0 Å². The molecule has 0 fully saturated rings. The lowest BCUT2D eigenvalue weighted by molar-refractivity contribution is 0.0982. The van der Waals surface area contributed by atoms with E-state index in [1.165, 1.54) is 0 Å². The number of rotatable bonds is 5. The minimum Gasteiger partial charge on any atom is -0.339 e. The van der Waals surface area contributed by atoms with Crippen LogP contribution in [0.4, 0.5) is 17.2 Å². The number of amides is 1. The predicted molar refractivity (Wildman–Crippen MR) is 100 cm³/mol. The van der Waals surface area contributed by atoms with Crippen molar-refractivity contribution in [3.8, 4) is 0 Å². The third-order valence-electron chi connectivity index (χ3n) is 3.92. The maximum absolute atomic E-state index is 12.7. The molecule has 0 saturated heterocycles. The highest BCUT2D eigenvalue weighted by molar-refractivity contribution is 6.04. The maximum atomic E-state index is 12.7. The van der Waals surface area contributed by atoms with E-state index in [1.807, 2.05) is 68.4 Å². The van der Waals surface area contributed by atoms with Crippen molar-refractivity contribution < 1.29 is 4.79 Å². The molecule has 1 N–H and O–H groups in total. The molecule has 126 valence electrons. The summed E-state index contributed by atoms with van der Waals surface area (Å²) >= 11 is 0. The van der Waals surface area contributed by atoms with Gasteiger partial charge in [-0.2, -0.15) is 0 Å². The molecule has 0 saturated carbocycles. The summed E-state index contributed by atoms with van der Waals surface area (Å²) in [6, 6.07) is 21.0. The van der Waals surface area contributed by atoms with Crippen LogP contribution in [0.5, 0.6) is 0 Å². The van der Waals surface area contributed by atoms with Crippen molar-refractivity contribution in [2.24, 2.45) is 0 Å². The Labute approximate surface area is 147 Å². The molecule has 3 rings (SSSR count). The Morgan fingerprint density at radius 1 is 0.960 bits per heavy atom. The van der Waals surface area contributed by atoms with Crippen LogP contribution in [0, 0.1) is 6.92 Å². The number of aryl methyl sites for hydroxylation is 1. The van der Waals surface area contributed by atoms with Gasteiger partial charge in [0.2, 0.25) is 0 Å². The molecule has 0 unspecified atom stereocenters. The van der Waals surface area contributed by atoms with E-state index in [0.29, 0.717) is 18.1 Å². The molecular formula is C20H20N4O. The molecule has 1 amide bonds. The van der Waals surface area contributed by atoms with Gasteiger partial charge in [0.25, 0.3) is 5.91 Å². The van der Waals surface area contributed by atoms with E-state index in [1.54, 1.807) is 17.0 Å². The first kappa shape index (κ1) is 16.6. The SMILES string of the molecule is CCN(C(=O)c1ccc(Nc2ccccc2C)nn1)c1ccccc1. The topological polar surface area (TPSA) is 58.1 Å². The fraction of sp³-hybridized carbons (Fsp3) is 0.150. The lowest BCUT2D eigenvalue weighted by atomic mass is 10.2. The smallest absolute Gasteiger partial charge is 0.278 e. The van der Waals surface area contributed by atoms with Crippen LogP contribution in [0.25, 0.3) is 0 Å². The normalized spacial score (nSPS) is 10.3. The molecule has 5 heteroatoms. The zero-order chi connectivity index (χ0) is 17.6. The second-order valence-electron chi connectivity index (χ2n) is 5.63. The van der Waals surface area contributed by atoms with E-state index in [0.717, 1.165) is 16.9 Å². The van der Waals surface area contributed by atoms with E-state index in [4.69, 9.17) is 0 Å². The average Bonchev–Trinajstić information content (AvgIpc) is 2.66. The lowest BCUT2D eigenvalue weighted by Gasteiger charge is -2.20. The quantitative estimate of drug-likeness (QED) is 0.761. The first-order chi connectivity index (χ1) is 12.2. The lowest BCUT2D eigenvalue weighted by Crippen LogP contribution is -2.31. The molecule has 2 aromatic carbocycles. The maximum Gasteiger partial charge on any atom is 0.278 e. The third kappa shape index (κ3) is 3.83. The highest BCUT2D eigenvalue weighted by Crippen LogP contribution is 2.19. The Hall–Kier alpha value is -3.21. The van der Waals surface area contributed by atoms with Gasteiger partial charge in [-0.1, -0.05) is 36.4 Å². The summed E-state index contributed by atoms with van der Waals surface area (Å²) in [5.41, 5.74) is 3.25. The van der Waals surface area contributed by atoms with Gasteiger partial charge in [0.15, 0.2) is 11.5 Å². The molecule has 0 bridgehead atoms. The Bertz CT molecular complexity index is 847. The fourth-order valence-corrected chi connectivity index (χ4v) is 2.55. The van der Waals surface area contributed by atoms with Crippen molar-refractivity contribution in [2.75, 3.05) is 16.8 Å². The molecular weight excluding hydrogens is 312 g/mol. The summed E-state index contributed by atoms with van der Waals surface area (Å²) in [6.07, 6.45) is 0. The summed E-state index contributed by atoms with van der Waals surface area (Å²) in [6.45, 7) is 4.52. The van der Waals surface area contributed by atoms with E-state index in [-0.39, 0.29) is 5.91 Å². The Morgan fingerprint density at radius 2 is 1.68 bits per heavy atom. The second kappa shape index (κ2) is 7.57. The molecule has 3 aromatic rings. The van der Waals surface area contributed by atoms with Gasteiger partial charge in [0.05, 0.1) is 0 Å². The third-order valence-corrected chi connectivity index (χ3v) is 3.92. The summed E-state index contributed by atoms with van der Waals surface area (Å²) in [4.78, 5) is 14.4. The zero-order valence-corrected chi connectivity index (χ0v) is 14.3. The number of anilines is 3. The summed E-state index contributed by atoms with van der Waals surface area (Å²) in [7, 11) is 0. The molecule has 0 radical (unpaired) electrons. The largest absolute Gasteiger partial charge is 0.339 e. The molecule has 5 nitrogen and oxygen atoms in total. The standard InChI is InChI=1S/C20H20N4O/c1-3-24(16-10-5-4-6-11-16)20(25)18-13-14-19(23-22-18)21-17-12-8-7-9-15(17)2/h4-14H,3H2,1-2H3,(H,21,23). The molecule has 0 aliphatic heterocycles. The van der Waals surface area contributed by atoms with Gasteiger partial charge < -0.3 is 10.2 Å².